The van der Waals surface area contributed by atoms with Crippen LogP contribution < -0.4 is 5.32 Å². The number of amides is 1. The Hall–Kier alpha value is -0.830. The lowest BCUT2D eigenvalue weighted by molar-refractivity contribution is -0.113. The molecule has 0 radical (unpaired) electrons. The number of nitrogens with one attached hydrogen (secondary N) is 1. The zero-order valence-electron chi connectivity index (χ0n) is 11.1. The van der Waals surface area contributed by atoms with Crippen LogP contribution in [0.4, 0.5) is 5.69 Å². The van der Waals surface area contributed by atoms with Gasteiger partial charge in [0.2, 0.25) is 5.91 Å². The van der Waals surface area contributed by atoms with E-state index in [9.17, 15) is 4.79 Å². The molecule has 2 N–H and O–H groups in total. The first-order chi connectivity index (χ1) is 10.0. The van der Waals surface area contributed by atoms with Gasteiger partial charge in [-0.25, -0.2) is 4.98 Å². The molecule has 5 nitrogen and oxygen atoms in total. The molecule has 0 aliphatic carbocycles. The van der Waals surface area contributed by atoms with Gasteiger partial charge in [0.15, 0.2) is 5.16 Å². The number of thioether (sulfide) groups is 1. The van der Waals surface area contributed by atoms with Gasteiger partial charge in [-0.3, -0.25) is 4.79 Å². The summed E-state index contributed by atoms with van der Waals surface area (Å²) >= 11 is 8.09. The Morgan fingerprint density at radius 1 is 1.48 bits per heavy atom. The van der Waals surface area contributed by atoms with Crippen LogP contribution in [0.25, 0.3) is 0 Å². The number of rotatable bonds is 5. The van der Waals surface area contributed by atoms with Crippen LogP contribution in [0.1, 0.15) is 5.69 Å². The van der Waals surface area contributed by atoms with Crippen LogP contribution in [0, 0.1) is 0 Å². The maximum atomic E-state index is 12.0. The Morgan fingerprint density at radius 2 is 2.24 bits per heavy atom. The highest BCUT2D eigenvalue weighted by atomic mass is 79.9. The Labute approximate surface area is 143 Å². The molecular formula is C13H13Br2N3O2S. The lowest BCUT2D eigenvalue weighted by atomic mass is 10.3. The summed E-state index contributed by atoms with van der Waals surface area (Å²) in [4.78, 5) is 16.1. The molecule has 0 saturated heterocycles. The number of aliphatic hydroxyl groups is 1. The highest BCUT2D eigenvalue weighted by Crippen LogP contribution is 2.26. The number of hydrogen-bond acceptors (Lipinski definition) is 4. The summed E-state index contributed by atoms with van der Waals surface area (Å²) in [5, 5.41) is 12.6. The predicted octanol–water partition coefficient (Wildman–Crippen LogP) is 3.17. The van der Waals surface area contributed by atoms with Crippen LogP contribution in [-0.4, -0.2) is 26.3 Å². The van der Waals surface area contributed by atoms with Gasteiger partial charge in [0.05, 0.1) is 29.9 Å². The van der Waals surface area contributed by atoms with Gasteiger partial charge in [-0.1, -0.05) is 27.7 Å². The third-order valence-electron chi connectivity index (χ3n) is 2.74. The molecule has 0 unspecified atom stereocenters. The Morgan fingerprint density at radius 3 is 2.86 bits per heavy atom. The molecule has 1 aromatic carbocycles. The summed E-state index contributed by atoms with van der Waals surface area (Å²) in [6.07, 6.45) is 1.60. The smallest absolute Gasteiger partial charge is 0.234 e. The van der Waals surface area contributed by atoms with E-state index in [1.54, 1.807) is 10.8 Å². The number of aromatic nitrogens is 2. The summed E-state index contributed by atoms with van der Waals surface area (Å²) in [6, 6.07) is 5.55. The molecule has 8 heteroatoms. The average molecular weight is 435 g/mol. The van der Waals surface area contributed by atoms with E-state index in [0.717, 1.165) is 14.6 Å². The van der Waals surface area contributed by atoms with Crippen LogP contribution in [0.3, 0.4) is 0 Å². The highest BCUT2D eigenvalue weighted by Gasteiger charge is 2.10. The topological polar surface area (TPSA) is 67.1 Å². The van der Waals surface area contributed by atoms with E-state index in [0.29, 0.717) is 10.9 Å². The van der Waals surface area contributed by atoms with E-state index >= 15 is 0 Å². The molecule has 0 aliphatic rings. The fourth-order valence-corrected chi connectivity index (χ4v) is 3.53. The Bertz CT molecular complexity index is 661. The molecule has 0 fully saturated rings. The van der Waals surface area contributed by atoms with E-state index in [4.69, 9.17) is 5.11 Å². The zero-order valence-corrected chi connectivity index (χ0v) is 15.1. The molecule has 21 heavy (non-hydrogen) atoms. The number of carbonyl (C=O) groups excluding carboxylic acids is 1. The molecule has 0 saturated carbocycles. The van der Waals surface area contributed by atoms with Crippen LogP contribution in [0.5, 0.6) is 0 Å². The van der Waals surface area contributed by atoms with E-state index in [-0.39, 0.29) is 18.3 Å². The van der Waals surface area contributed by atoms with Gasteiger partial charge in [-0.15, -0.1) is 0 Å². The molecule has 0 aliphatic heterocycles. The van der Waals surface area contributed by atoms with Gasteiger partial charge in [0.1, 0.15) is 0 Å². The van der Waals surface area contributed by atoms with Crippen molar-refractivity contribution in [2.24, 2.45) is 7.05 Å². The third-order valence-corrected chi connectivity index (χ3v) is 4.93. The second-order valence-electron chi connectivity index (χ2n) is 4.21. The Balaban J connectivity index is 1.94. The number of halogens is 2. The highest BCUT2D eigenvalue weighted by molar-refractivity contribution is 9.11. The van der Waals surface area contributed by atoms with E-state index in [2.05, 4.69) is 42.2 Å². The van der Waals surface area contributed by atoms with Crippen LogP contribution in [0.15, 0.2) is 38.5 Å². The Kier molecular flexibility index (Phi) is 5.86. The van der Waals surface area contributed by atoms with Crippen molar-refractivity contribution in [3.63, 3.8) is 0 Å². The van der Waals surface area contributed by atoms with Gasteiger partial charge in [-0.2, -0.15) is 0 Å². The standard InChI is InChI=1S/C13H13Br2N3O2S/c1-18-9(6-19)5-16-13(18)21-7-12(20)17-11-3-2-8(14)4-10(11)15/h2-5,19H,6-7H2,1H3,(H,17,20). The van der Waals surface area contributed by atoms with Crippen LogP contribution >= 0.6 is 43.6 Å². The molecular weight excluding hydrogens is 422 g/mol. The summed E-state index contributed by atoms with van der Waals surface area (Å²) < 4.78 is 3.52. The van der Waals surface area contributed by atoms with Crippen molar-refractivity contribution in [3.05, 3.63) is 39.0 Å². The number of anilines is 1. The largest absolute Gasteiger partial charge is 0.390 e. The lowest BCUT2D eigenvalue weighted by Crippen LogP contribution is -2.14. The first kappa shape index (κ1) is 16.5. The molecule has 0 spiro atoms. The van der Waals surface area contributed by atoms with Crippen LogP contribution in [-0.2, 0) is 18.4 Å². The quantitative estimate of drug-likeness (QED) is 0.709. The van der Waals surface area contributed by atoms with Crippen molar-refractivity contribution in [1.82, 2.24) is 9.55 Å². The minimum atomic E-state index is -0.114. The van der Waals surface area contributed by atoms with Crippen molar-refractivity contribution < 1.29 is 9.90 Å². The number of carbonyl (C=O) groups is 1. The number of nitrogens with zero attached hydrogens (tertiary/aromatic N) is 2. The first-order valence-corrected chi connectivity index (χ1v) is 8.57. The minimum absolute atomic E-state index is 0.0674. The zero-order chi connectivity index (χ0) is 15.4. The molecule has 2 rings (SSSR count). The van der Waals surface area contributed by atoms with Gasteiger partial charge in [0, 0.05) is 16.0 Å². The van der Waals surface area contributed by atoms with Gasteiger partial charge in [0.25, 0.3) is 0 Å². The van der Waals surface area contributed by atoms with E-state index < -0.39 is 0 Å². The number of benzene rings is 1. The first-order valence-electron chi connectivity index (χ1n) is 6.00. The van der Waals surface area contributed by atoms with Crippen molar-refractivity contribution in [2.45, 2.75) is 11.8 Å². The second kappa shape index (κ2) is 7.44. The SMILES string of the molecule is Cn1c(CO)cnc1SCC(=O)Nc1ccc(Br)cc1Br. The van der Waals surface area contributed by atoms with Crippen LogP contribution in [0.2, 0.25) is 0 Å². The minimum Gasteiger partial charge on any atom is -0.390 e. The maximum Gasteiger partial charge on any atom is 0.234 e. The molecule has 2 aromatic rings. The summed E-state index contributed by atoms with van der Waals surface area (Å²) in [6.45, 7) is -0.0674. The third kappa shape index (κ3) is 4.32. The molecule has 112 valence electrons. The normalized spacial score (nSPS) is 10.7. The predicted molar refractivity (Wildman–Crippen MR) is 90.3 cm³/mol. The van der Waals surface area contributed by atoms with Crippen molar-refractivity contribution in [2.75, 3.05) is 11.1 Å². The molecule has 1 aromatic heterocycles. The molecule has 0 atom stereocenters. The van der Waals surface area contributed by atoms with Gasteiger partial charge in [-0.05, 0) is 34.1 Å². The molecule has 0 bridgehead atoms. The monoisotopic (exact) mass is 433 g/mol. The number of aliphatic hydroxyl groups excluding tert-OH is 1. The maximum absolute atomic E-state index is 12.0. The molecule has 1 heterocycles. The van der Waals surface area contributed by atoms with Crippen molar-refractivity contribution in [1.29, 1.82) is 0 Å². The molecule has 1 amide bonds. The lowest BCUT2D eigenvalue weighted by Gasteiger charge is -2.08. The summed E-state index contributed by atoms with van der Waals surface area (Å²) in [5.41, 5.74) is 1.44. The summed E-state index contributed by atoms with van der Waals surface area (Å²) in [7, 11) is 1.81. The average Bonchev–Trinajstić information content (AvgIpc) is 2.80. The van der Waals surface area contributed by atoms with E-state index in [1.165, 1.54) is 11.8 Å². The second-order valence-corrected chi connectivity index (χ2v) is 6.92. The number of imidazole rings is 1. The van der Waals surface area contributed by atoms with Gasteiger partial charge < -0.3 is 15.0 Å². The fraction of sp³-hybridized carbons (Fsp3) is 0.231. The number of hydrogen-bond donors (Lipinski definition) is 2. The fourth-order valence-electron chi connectivity index (χ4n) is 1.61. The van der Waals surface area contributed by atoms with Crippen molar-refractivity contribution >= 4 is 55.2 Å². The van der Waals surface area contributed by atoms with Gasteiger partial charge >= 0.3 is 0 Å². The van der Waals surface area contributed by atoms with E-state index in [1.807, 2.05) is 25.2 Å². The van der Waals surface area contributed by atoms with Crippen molar-refractivity contribution in [3.8, 4) is 0 Å². The summed E-state index contributed by atoms with van der Waals surface area (Å²) in [5.74, 6) is 0.134.